The Morgan fingerprint density at radius 1 is 1.11 bits per heavy atom. The van der Waals surface area contributed by atoms with Crippen molar-refractivity contribution in [2.75, 3.05) is 0 Å². The molecule has 0 aliphatic rings. The van der Waals surface area contributed by atoms with Crippen molar-refractivity contribution < 1.29 is 13.2 Å². The lowest BCUT2D eigenvalue weighted by Crippen LogP contribution is -2.15. The fourth-order valence-electron chi connectivity index (χ4n) is 1.43. The Balaban J connectivity index is 1.98. The van der Waals surface area contributed by atoms with Crippen LogP contribution in [0.15, 0.2) is 22.3 Å². The third-order valence-electron chi connectivity index (χ3n) is 2.29. The van der Waals surface area contributed by atoms with Crippen LogP contribution in [-0.4, -0.2) is 4.98 Å². The molecule has 7 heteroatoms. The van der Waals surface area contributed by atoms with Crippen molar-refractivity contribution in [3.63, 3.8) is 0 Å². The highest BCUT2D eigenvalue weighted by Gasteiger charge is 2.09. The first-order chi connectivity index (χ1) is 8.56. The summed E-state index contributed by atoms with van der Waals surface area (Å²) >= 11 is 1.02. The van der Waals surface area contributed by atoms with Gasteiger partial charge in [0.25, 0.3) is 0 Å². The molecule has 3 nitrogen and oxygen atoms in total. The van der Waals surface area contributed by atoms with Crippen LogP contribution in [0.3, 0.4) is 0 Å². The Morgan fingerprint density at radius 3 is 2.50 bits per heavy atom. The molecule has 0 fully saturated rings. The summed E-state index contributed by atoms with van der Waals surface area (Å²) in [6, 6.07) is 1.33. The number of benzene rings is 1. The minimum absolute atomic E-state index is 0.0338. The third kappa shape index (κ3) is 2.99. The van der Waals surface area contributed by atoms with Crippen LogP contribution in [-0.2, 0) is 13.1 Å². The fraction of sp³-hybridized carbons (Fsp3) is 0.182. The van der Waals surface area contributed by atoms with Crippen LogP contribution in [0, 0.1) is 17.5 Å². The summed E-state index contributed by atoms with van der Waals surface area (Å²) in [7, 11) is 0. The molecule has 2 rings (SSSR count). The molecule has 1 aromatic heterocycles. The molecule has 0 unspecified atom stereocenters. The molecular weight excluding hydrogens is 265 g/mol. The quantitative estimate of drug-likeness (QED) is 0.839. The van der Waals surface area contributed by atoms with Crippen molar-refractivity contribution in [2.24, 2.45) is 0 Å². The minimum Gasteiger partial charge on any atom is -0.315 e. The molecule has 0 aliphatic carbocycles. The summed E-state index contributed by atoms with van der Waals surface area (Å²) < 4.78 is 38.8. The van der Waals surface area contributed by atoms with Gasteiger partial charge in [0.1, 0.15) is 5.82 Å². The number of hydrogen-bond donors (Lipinski definition) is 2. The monoisotopic (exact) mass is 274 g/mol. The zero-order chi connectivity index (χ0) is 13.1. The second-order valence-corrected chi connectivity index (χ2v) is 4.48. The second kappa shape index (κ2) is 5.36. The van der Waals surface area contributed by atoms with E-state index in [1.54, 1.807) is 5.38 Å². The third-order valence-corrected chi connectivity index (χ3v) is 3.01. The molecule has 0 bridgehead atoms. The van der Waals surface area contributed by atoms with Crippen LogP contribution < -0.4 is 10.2 Å². The summed E-state index contributed by atoms with van der Waals surface area (Å²) in [6.07, 6.45) is 0. The number of aromatic nitrogens is 1. The largest absolute Gasteiger partial charge is 0.315 e. The first kappa shape index (κ1) is 12.8. The van der Waals surface area contributed by atoms with Gasteiger partial charge in [-0.15, -0.1) is 0 Å². The van der Waals surface area contributed by atoms with Gasteiger partial charge in [0.05, 0.1) is 0 Å². The summed E-state index contributed by atoms with van der Waals surface area (Å²) in [5.74, 6) is -3.10. The molecule has 18 heavy (non-hydrogen) atoms. The number of nitrogens with one attached hydrogen (secondary N) is 2. The van der Waals surface area contributed by atoms with Crippen molar-refractivity contribution >= 4 is 11.3 Å². The topological polar surface area (TPSA) is 44.9 Å². The van der Waals surface area contributed by atoms with Gasteiger partial charge in [0.2, 0.25) is 0 Å². The number of rotatable bonds is 4. The maximum Gasteiger partial charge on any atom is 0.304 e. The van der Waals surface area contributed by atoms with E-state index >= 15 is 0 Å². The number of aromatic amines is 1. The predicted octanol–water partition coefficient (Wildman–Crippen LogP) is 2.14. The normalized spacial score (nSPS) is 10.8. The van der Waals surface area contributed by atoms with Gasteiger partial charge < -0.3 is 10.3 Å². The maximum absolute atomic E-state index is 13.3. The Kier molecular flexibility index (Phi) is 3.83. The van der Waals surface area contributed by atoms with Crippen molar-refractivity contribution in [1.29, 1.82) is 0 Å². The summed E-state index contributed by atoms with van der Waals surface area (Å²) in [6.45, 7) is 0.359. The van der Waals surface area contributed by atoms with Crippen molar-refractivity contribution in [3.8, 4) is 0 Å². The summed E-state index contributed by atoms with van der Waals surface area (Å²) in [5.41, 5.74) is 0.694. The first-order valence-corrected chi connectivity index (χ1v) is 5.95. The highest BCUT2D eigenvalue weighted by molar-refractivity contribution is 7.07. The standard InChI is InChI=1S/C11H9F3N2OS/c12-8-2-10(14)9(13)1-6(8)3-15-4-7-5-18-11(17)16-7/h1-2,5,15H,3-4H2,(H,16,17). The molecule has 0 aliphatic heterocycles. The Labute approximate surface area is 104 Å². The average Bonchev–Trinajstić information content (AvgIpc) is 2.71. The molecule has 0 saturated heterocycles. The van der Waals surface area contributed by atoms with E-state index in [0.717, 1.165) is 17.4 Å². The fourth-order valence-corrected chi connectivity index (χ4v) is 2.01. The van der Waals surface area contributed by atoms with Gasteiger partial charge in [-0.25, -0.2) is 13.2 Å². The summed E-state index contributed by atoms with van der Waals surface area (Å²) in [4.78, 5) is 13.2. The lowest BCUT2D eigenvalue weighted by molar-refractivity contribution is 0.486. The van der Waals surface area contributed by atoms with Crippen LogP contribution in [0.25, 0.3) is 0 Å². The number of H-pyrrole nitrogens is 1. The molecular formula is C11H9F3N2OS. The molecule has 2 N–H and O–H groups in total. The average molecular weight is 274 g/mol. The van der Waals surface area contributed by atoms with Gasteiger partial charge in [-0.3, -0.25) is 4.79 Å². The highest BCUT2D eigenvalue weighted by atomic mass is 32.1. The number of hydrogen-bond acceptors (Lipinski definition) is 3. The summed E-state index contributed by atoms with van der Waals surface area (Å²) in [5, 5.41) is 4.46. The van der Waals surface area contributed by atoms with Crippen LogP contribution in [0.2, 0.25) is 0 Å². The molecule has 0 saturated carbocycles. The Hall–Kier alpha value is -1.60. The van der Waals surface area contributed by atoms with E-state index in [1.165, 1.54) is 0 Å². The smallest absolute Gasteiger partial charge is 0.304 e. The maximum atomic E-state index is 13.3. The van der Waals surface area contributed by atoms with Gasteiger partial charge in [0.15, 0.2) is 11.6 Å². The molecule has 1 aromatic carbocycles. The molecule has 0 spiro atoms. The lowest BCUT2D eigenvalue weighted by Gasteiger charge is -2.05. The molecule has 0 amide bonds. The van der Waals surface area contributed by atoms with E-state index in [4.69, 9.17) is 0 Å². The minimum atomic E-state index is -1.21. The zero-order valence-corrected chi connectivity index (χ0v) is 9.91. The number of halogens is 3. The van der Waals surface area contributed by atoms with Crippen LogP contribution in [0.4, 0.5) is 13.2 Å². The molecule has 0 atom stereocenters. The van der Waals surface area contributed by atoms with Crippen molar-refractivity contribution in [3.05, 3.63) is 55.9 Å². The predicted molar refractivity (Wildman–Crippen MR) is 61.8 cm³/mol. The molecule has 0 radical (unpaired) electrons. The van der Waals surface area contributed by atoms with E-state index in [-0.39, 0.29) is 17.0 Å². The Morgan fingerprint density at radius 2 is 1.83 bits per heavy atom. The van der Waals surface area contributed by atoms with Gasteiger partial charge in [-0.2, -0.15) is 0 Å². The first-order valence-electron chi connectivity index (χ1n) is 5.07. The van der Waals surface area contributed by atoms with E-state index in [0.29, 0.717) is 18.3 Å². The van der Waals surface area contributed by atoms with Gasteiger partial charge >= 0.3 is 4.87 Å². The second-order valence-electron chi connectivity index (χ2n) is 3.63. The van der Waals surface area contributed by atoms with Crippen LogP contribution >= 0.6 is 11.3 Å². The van der Waals surface area contributed by atoms with E-state index in [9.17, 15) is 18.0 Å². The van der Waals surface area contributed by atoms with Crippen LogP contribution in [0.5, 0.6) is 0 Å². The SMILES string of the molecule is O=c1[nH]c(CNCc2cc(F)c(F)cc2F)cs1. The molecule has 1 heterocycles. The van der Waals surface area contributed by atoms with E-state index < -0.39 is 17.5 Å². The Bertz CT molecular complexity index is 609. The molecule has 96 valence electrons. The number of thiazole rings is 1. The van der Waals surface area contributed by atoms with Gasteiger partial charge in [0, 0.05) is 35.8 Å². The van der Waals surface area contributed by atoms with Crippen LogP contribution in [0.1, 0.15) is 11.3 Å². The van der Waals surface area contributed by atoms with Gasteiger partial charge in [-0.1, -0.05) is 11.3 Å². The van der Waals surface area contributed by atoms with Gasteiger partial charge in [-0.05, 0) is 6.07 Å². The van der Waals surface area contributed by atoms with E-state index in [2.05, 4.69) is 10.3 Å². The van der Waals surface area contributed by atoms with Crippen molar-refractivity contribution in [1.82, 2.24) is 10.3 Å². The highest BCUT2D eigenvalue weighted by Crippen LogP contribution is 2.13. The lowest BCUT2D eigenvalue weighted by atomic mass is 10.2. The zero-order valence-electron chi connectivity index (χ0n) is 9.10. The molecule has 2 aromatic rings. The van der Waals surface area contributed by atoms with E-state index in [1.807, 2.05) is 0 Å². The van der Waals surface area contributed by atoms with Crippen molar-refractivity contribution in [2.45, 2.75) is 13.1 Å².